The first-order chi connectivity index (χ1) is 8.19. The van der Waals surface area contributed by atoms with Gasteiger partial charge in [-0.3, -0.25) is 0 Å². The summed E-state index contributed by atoms with van der Waals surface area (Å²) in [5.41, 5.74) is 0.305. The zero-order valence-electron chi connectivity index (χ0n) is 8.52. The second-order valence-corrected chi connectivity index (χ2v) is 4.02. The molecule has 3 nitrogen and oxygen atoms in total. The van der Waals surface area contributed by atoms with Gasteiger partial charge in [0.15, 0.2) is 0 Å². The van der Waals surface area contributed by atoms with Crippen molar-refractivity contribution < 1.29 is 9.13 Å². The molecule has 0 saturated carbocycles. The van der Waals surface area contributed by atoms with E-state index in [2.05, 4.69) is 20.9 Å². The normalized spacial score (nSPS) is 9.71. The molecule has 17 heavy (non-hydrogen) atoms. The van der Waals surface area contributed by atoms with Crippen LogP contribution < -0.4 is 4.74 Å². The van der Waals surface area contributed by atoms with E-state index in [-0.39, 0.29) is 0 Å². The molecule has 5 heteroatoms. The Balaban J connectivity index is 2.20. The third-order valence-electron chi connectivity index (χ3n) is 1.98. The van der Waals surface area contributed by atoms with Gasteiger partial charge in [-0.1, -0.05) is 0 Å². The first kappa shape index (κ1) is 11.6. The molecule has 0 aliphatic carbocycles. The predicted octanol–water partition coefficient (Wildman–Crippen LogP) is 3.65. The van der Waals surface area contributed by atoms with Crippen molar-refractivity contribution in [1.29, 1.82) is 5.26 Å². The lowest BCUT2D eigenvalue weighted by molar-refractivity contribution is 0.474. The van der Waals surface area contributed by atoms with Gasteiger partial charge in [-0.15, -0.1) is 0 Å². The average molecular weight is 293 g/mol. The van der Waals surface area contributed by atoms with Gasteiger partial charge in [0, 0.05) is 6.07 Å². The molecule has 0 unspecified atom stereocenters. The van der Waals surface area contributed by atoms with Crippen molar-refractivity contribution in [2.45, 2.75) is 0 Å². The summed E-state index contributed by atoms with van der Waals surface area (Å²) in [6, 6.07) is 9.49. The number of halogens is 2. The minimum Gasteiger partial charge on any atom is -0.456 e. The van der Waals surface area contributed by atoms with Crippen molar-refractivity contribution in [3.63, 3.8) is 0 Å². The highest BCUT2D eigenvalue weighted by molar-refractivity contribution is 9.10. The van der Waals surface area contributed by atoms with Gasteiger partial charge in [0.05, 0.1) is 10.7 Å². The van der Waals surface area contributed by atoms with Crippen LogP contribution in [0.5, 0.6) is 11.5 Å². The van der Waals surface area contributed by atoms with Crippen molar-refractivity contribution in [3.05, 3.63) is 52.5 Å². The third-order valence-corrected chi connectivity index (χ3v) is 2.62. The van der Waals surface area contributed by atoms with Crippen LogP contribution in [0.25, 0.3) is 0 Å². The van der Waals surface area contributed by atoms with Gasteiger partial charge in [0.25, 0.3) is 0 Å². The van der Waals surface area contributed by atoms with Crippen LogP contribution >= 0.6 is 15.9 Å². The summed E-state index contributed by atoms with van der Waals surface area (Å²) in [7, 11) is 0. The predicted molar refractivity (Wildman–Crippen MR) is 63.1 cm³/mol. The molecular formula is C12H6BrFN2O. The number of pyridine rings is 1. The Labute approximate surface area is 106 Å². The van der Waals surface area contributed by atoms with Crippen LogP contribution in [-0.4, -0.2) is 4.98 Å². The first-order valence-electron chi connectivity index (χ1n) is 4.68. The van der Waals surface area contributed by atoms with E-state index in [9.17, 15) is 4.39 Å². The Morgan fingerprint density at radius 3 is 2.59 bits per heavy atom. The van der Waals surface area contributed by atoms with Crippen molar-refractivity contribution in [2.75, 3.05) is 0 Å². The molecule has 1 aromatic heterocycles. The maximum absolute atomic E-state index is 13.2. The number of ether oxygens (including phenoxy) is 1. The van der Waals surface area contributed by atoms with E-state index in [4.69, 9.17) is 10.00 Å². The Morgan fingerprint density at radius 2 is 2.00 bits per heavy atom. The number of nitrogens with zero attached hydrogens (tertiary/aromatic N) is 2. The number of benzene rings is 1. The maximum Gasteiger partial charge on any atom is 0.145 e. The Bertz CT molecular complexity index is 578. The van der Waals surface area contributed by atoms with E-state index in [0.29, 0.717) is 21.7 Å². The Kier molecular flexibility index (Phi) is 3.35. The molecule has 0 N–H and O–H groups in total. The lowest BCUT2D eigenvalue weighted by atomic mass is 10.3. The molecule has 84 valence electrons. The molecule has 0 spiro atoms. The molecule has 1 heterocycles. The highest BCUT2D eigenvalue weighted by Crippen LogP contribution is 2.25. The minimum absolute atomic E-state index is 0.305. The number of hydrogen-bond acceptors (Lipinski definition) is 3. The SMILES string of the molecule is N#Cc1ccc(Oc2ccc(Br)c(F)c2)cn1. The van der Waals surface area contributed by atoms with Crippen LogP contribution in [0.15, 0.2) is 41.0 Å². The summed E-state index contributed by atoms with van der Waals surface area (Å²) < 4.78 is 19.0. The third kappa shape index (κ3) is 2.80. The van der Waals surface area contributed by atoms with Crippen LogP contribution in [0.2, 0.25) is 0 Å². The molecule has 0 atom stereocenters. The summed E-state index contributed by atoms with van der Waals surface area (Å²) in [5.74, 6) is 0.423. The van der Waals surface area contributed by atoms with Crippen molar-refractivity contribution in [1.82, 2.24) is 4.98 Å². The summed E-state index contributed by atoms with van der Waals surface area (Å²) in [6.07, 6.45) is 1.42. The maximum atomic E-state index is 13.2. The van der Waals surface area contributed by atoms with Crippen LogP contribution in [-0.2, 0) is 0 Å². The van der Waals surface area contributed by atoms with E-state index >= 15 is 0 Å². The quantitative estimate of drug-likeness (QED) is 0.849. The Morgan fingerprint density at radius 1 is 1.24 bits per heavy atom. The number of aromatic nitrogens is 1. The topological polar surface area (TPSA) is 45.9 Å². The average Bonchev–Trinajstić information content (AvgIpc) is 2.35. The fourth-order valence-electron chi connectivity index (χ4n) is 1.18. The second-order valence-electron chi connectivity index (χ2n) is 3.17. The molecule has 0 saturated heterocycles. The monoisotopic (exact) mass is 292 g/mol. The first-order valence-corrected chi connectivity index (χ1v) is 5.47. The minimum atomic E-state index is -0.399. The molecule has 0 fully saturated rings. The van der Waals surface area contributed by atoms with E-state index in [1.54, 1.807) is 18.2 Å². The van der Waals surface area contributed by atoms with E-state index in [1.165, 1.54) is 18.3 Å². The number of nitriles is 1. The molecular weight excluding hydrogens is 287 g/mol. The molecule has 2 aromatic rings. The van der Waals surface area contributed by atoms with Crippen molar-refractivity contribution >= 4 is 15.9 Å². The fraction of sp³-hybridized carbons (Fsp3) is 0. The van der Waals surface area contributed by atoms with Gasteiger partial charge in [0.2, 0.25) is 0 Å². The highest BCUT2D eigenvalue weighted by Gasteiger charge is 2.03. The second kappa shape index (κ2) is 4.93. The number of hydrogen-bond donors (Lipinski definition) is 0. The van der Waals surface area contributed by atoms with Gasteiger partial charge in [-0.05, 0) is 40.2 Å². The van der Waals surface area contributed by atoms with Crippen LogP contribution in [0.4, 0.5) is 4.39 Å². The van der Waals surface area contributed by atoms with Gasteiger partial charge in [0.1, 0.15) is 29.1 Å². The molecule has 0 bridgehead atoms. The van der Waals surface area contributed by atoms with E-state index < -0.39 is 5.82 Å². The molecule has 0 radical (unpaired) electrons. The van der Waals surface area contributed by atoms with Crippen molar-refractivity contribution in [3.8, 4) is 17.6 Å². The Hall–Kier alpha value is -1.93. The summed E-state index contributed by atoms with van der Waals surface area (Å²) in [5, 5.41) is 8.58. The zero-order valence-corrected chi connectivity index (χ0v) is 10.1. The smallest absolute Gasteiger partial charge is 0.145 e. The van der Waals surface area contributed by atoms with E-state index in [0.717, 1.165) is 0 Å². The lowest BCUT2D eigenvalue weighted by Gasteiger charge is -2.05. The summed E-state index contributed by atoms with van der Waals surface area (Å²) in [6.45, 7) is 0. The van der Waals surface area contributed by atoms with Gasteiger partial charge in [-0.2, -0.15) is 5.26 Å². The lowest BCUT2D eigenvalue weighted by Crippen LogP contribution is -1.88. The highest BCUT2D eigenvalue weighted by atomic mass is 79.9. The largest absolute Gasteiger partial charge is 0.456 e. The van der Waals surface area contributed by atoms with Gasteiger partial charge >= 0.3 is 0 Å². The standard InChI is InChI=1S/C12H6BrFN2O/c13-11-4-3-9(5-12(11)14)17-10-2-1-8(6-15)16-7-10/h1-5,7H. The van der Waals surface area contributed by atoms with Crippen molar-refractivity contribution in [2.24, 2.45) is 0 Å². The molecule has 1 aromatic carbocycles. The van der Waals surface area contributed by atoms with Crippen LogP contribution in [0.1, 0.15) is 5.69 Å². The van der Waals surface area contributed by atoms with Gasteiger partial charge in [-0.25, -0.2) is 9.37 Å². The molecule has 0 aliphatic rings. The summed E-state index contributed by atoms with van der Waals surface area (Å²) in [4.78, 5) is 3.84. The zero-order chi connectivity index (χ0) is 12.3. The fourth-order valence-corrected chi connectivity index (χ4v) is 1.43. The van der Waals surface area contributed by atoms with Gasteiger partial charge < -0.3 is 4.74 Å². The van der Waals surface area contributed by atoms with Crippen LogP contribution in [0, 0.1) is 17.1 Å². The number of rotatable bonds is 2. The van der Waals surface area contributed by atoms with Crippen LogP contribution in [0.3, 0.4) is 0 Å². The van der Waals surface area contributed by atoms with E-state index in [1.807, 2.05) is 6.07 Å². The molecule has 0 amide bonds. The summed E-state index contributed by atoms with van der Waals surface area (Å²) >= 11 is 3.05. The molecule has 0 aliphatic heterocycles. The molecule has 2 rings (SSSR count).